The monoisotopic (exact) mass is 696 g/mol. The molecule has 4 rings (SSSR count). The molecule has 0 saturated heterocycles. The fourth-order valence-electron chi connectivity index (χ4n) is 5.76. The van der Waals surface area contributed by atoms with Crippen molar-refractivity contribution in [2.24, 2.45) is 11.8 Å². The van der Waals surface area contributed by atoms with Crippen LogP contribution >= 0.6 is 0 Å². The van der Waals surface area contributed by atoms with Crippen LogP contribution in [0, 0.1) is 11.8 Å². The lowest BCUT2D eigenvalue weighted by molar-refractivity contribution is 0.0126. The maximum atomic E-state index is 12.7. The molecule has 0 aliphatic carbocycles. The minimum Gasteiger partial charge on any atom is -0.491 e. The Kier molecular flexibility index (Phi) is 14.2. The fourth-order valence-corrected chi connectivity index (χ4v) is 5.76. The standard InChI is InChI=1S/C43H52O8/c1-29(2)23-31-11-7-9-13-39(31)41(46)50-27-35(44)25-48-37-19-15-33(16-20-37)43(5,6)34-17-21-38(22-18-34)49-26-36(45)28-51-42(47)40-14-10-8-12-32(40)24-30(3)4/h7-22,29-30,35-36,44-45H,23-28H2,1-6H3. The van der Waals surface area contributed by atoms with Gasteiger partial charge in [0, 0.05) is 5.41 Å². The molecule has 2 atom stereocenters. The summed E-state index contributed by atoms with van der Waals surface area (Å²) in [5, 5.41) is 20.8. The van der Waals surface area contributed by atoms with Crippen LogP contribution in [0.3, 0.4) is 0 Å². The number of aliphatic hydroxyl groups excluding tert-OH is 2. The largest absolute Gasteiger partial charge is 0.491 e. The average molecular weight is 697 g/mol. The number of carbonyl (C=O) groups is 2. The van der Waals surface area contributed by atoms with Crippen LogP contribution in [-0.2, 0) is 27.7 Å². The number of hydrogen-bond acceptors (Lipinski definition) is 8. The molecule has 0 radical (unpaired) electrons. The van der Waals surface area contributed by atoms with Crippen LogP contribution in [0.25, 0.3) is 0 Å². The molecular weight excluding hydrogens is 644 g/mol. The zero-order valence-electron chi connectivity index (χ0n) is 30.6. The second-order valence-electron chi connectivity index (χ2n) is 14.3. The Morgan fingerprint density at radius 3 is 1.25 bits per heavy atom. The van der Waals surface area contributed by atoms with E-state index >= 15 is 0 Å². The number of esters is 2. The number of carbonyl (C=O) groups excluding carboxylic acids is 2. The maximum Gasteiger partial charge on any atom is 0.338 e. The van der Waals surface area contributed by atoms with E-state index in [2.05, 4.69) is 41.5 Å². The van der Waals surface area contributed by atoms with Gasteiger partial charge in [-0.1, -0.05) is 102 Å². The van der Waals surface area contributed by atoms with E-state index in [1.165, 1.54) is 0 Å². The van der Waals surface area contributed by atoms with Crippen LogP contribution < -0.4 is 9.47 Å². The third kappa shape index (κ3) is 11.7. The van der Waals surface area contributed by atoms with Gasteiger partial charge in [-0.3, -0.25) is 0 Å². The first-order chi connectivity index (χ1) is 24.3. The second kappa shape index (κ2) is 18.5. The first-order valence-corrected chi connectivity index (χ1v) is 17.7. The highest BCUT2D eigenvalue weighted by Crippen LogP contribution is 2.33. The summed E-state index contributed by atoms with van der Waals surface area (Å²) in [6, 6.07) is 30.1. The van der Waals surface area contributed by atoms with Gasteiger partial charge in [-0.05, 0) is 83.3 Å². The van der Waals surface area contributed by atoms with Gasteiger partial charge >= 0.3 is 11.9 Å². The molecule has 4 aromatic carbocycles. The predicted molar refractivity (Wildman–Crippen MR) is 199 cm³/mol. The first-order valence-electron chi connectivity index (χ1n) is 17.7. The van der Waals surface area contributed by atoms with Crippen molar-refractivity contribution in [3.63, 3.8) is 0 Å². The first kappa shape index (κ1) is 39.1. The molecule has 4 aromatic rings. The van der Waals surface area contributed by atoms with E-state index in [0.717, 1.165) is 35.1 Å². The zero-order chi connectivity index (χ0) is 37.0. The van der Waals surface area contributed by atoms with E-state index in [-0.39, 0.29) is 31.8 Å². The molecule has 2 N–H and O–H groups in total. The number of rotatable bonds is 18. The van der Waals surface area contributed by atoms with E-state index in [0.29, 0.717) is 34.5 Å². The lowest BCUT2D eigenvalue weighted by Crippen LogP contribution is -2.26. The van der Waals surface area contributed by atoms with Gasteiger partial charge in [0.15, 0.2) is 0 Å². The second-order valence-corrected chi connectivity index (χ2v) is 14.3. The van der Waals surface area contributed by atoms with E-state index in [4.69, 9.17) is 18.9 Å². The van der Waals surface area contributed by atoms with E-state index in [1.54, 1.807) is 24.3 Å². The Hall–Kier alpha value is -4.66. The molecular formula is C43H52O8. The number of aliphatic hydroxyl groups is 2. The zero-order valence-corrected chi connectivity index (χ0v) is 30.6. The van der Waals surface area contributed by atoms with Gasteiger partial charge in [0.1, 0.15) is 50.1 Å². The van der Waals surface area contributed by atoms with Gasteiger partial charge < -0.3 is 29.2 Å². The topological polar surface area (TPSA) is 112 Å². The Morgan fingerprint density at radius 1 is 0.549 bits per heavy atom. The van der Waals surface area contributed by atoms with Crippen molar-refractivity contribution in [2.75, 3.05) is 26.4 Å². The van der Waals surface area contributed by atoms with Crippen LogP contribution in [0.2, 0.25) is 0 Å². The summed E-state index contributed by atoms with van der Waals surface area (Å²) in [5.74, 6) is 1.08. The Labute approximate surface area is 302 Å². The molecule has 51 heavy (non-hydrogen) atoms. The Morgan fingerprint density at radius 2 is 0.902 bits per heavy atom. The third-order valence-electron chi connectivity index (χ3n) is 8.58. The molecule has 0 bridgehead atoms. The molecule has 2 unspecified atom stereocenters. The van der Waals surface area contributed by atoms with Crippen molar-refractivity contribution in [3.05, 3.63) is 130 Å². The highest BCUT2D eigenvalue weighted by Gasteiger charge is 2.24. The van der Waals surface area contributed by atoms with Crippen LogP contribution in [0.1, 0.15) is 84.5 Å². The van der Waals surface area contributed by atoms with E-state index in [1.807, 2.05) is 72.8 Å². The van der Waals surface area contributed by atoms with Crippen molar-refractivity contribution in [2.45, 2.75) is 72.0 Å². The molecule has 0 aromatic heterocycles. The molecule has 272 valence electrons. The maximum absolute atomic E-state index is 12.7. The van der Waals surface area contributed by atoms with Crippen molar-refractivity contribution in [1.29, 1.82) is 0 Å². The third-order valence-corrected chi connectivity index (χ3v) is 8.58. The van der Waals surface area contributed by atoms with Crippen molar-refractivity contribution in [1.82, 2.24) is 0 Å². The van der Waals surface area contributed by atoms with Gasteiger partial charge in [0.2, 0.25) is 0 Å². The number of hydrogen-bond donors (Lipinski definition) is 2. The summed E-state index contributed by atoms with van der Waals surface area (Å²) in [5.41, 5.74) is 4.69. The molecule has 0 aliphatic heterocycles. The summed E-state index contributed by atoms with van der Waals surface area (Å²) in [6.45, 7) is 12.3. The van der Waals surface area contributed by atoms with Crippen LogP contribution in [0.4, 0.5) is 0 Å². The van der Waals surface area contributed by atoms with Crippen molar-refractivity contribution in [3.8, 4) is 11.5 Å². The highest BCUT2D eigenvalue weighted by atomic mass is 16.6. The molecule has 0 amide bonds. The molecule has 8 heteroatoms. The van der Waals surface area contributed by atoms with Gasteiger partial charge in [0.05, 0.1) is 11.1 Å². The summed E-state index contributed by atoms with van der Waals surface area (Å²) in [7, 11) is 0. The quantitative estimate of drug-likeness (QED) is 0.102. The summed E-state index contributed by atoms with van der Waals surface area (Å²) in [6.07, 6.45) is -0.413. The highest BCUT2D eigenvalue weighted by molar-refractivity contribution is 5.91. The predicted octanol–water partition coefficient (Wildman–Crippen LogP) is 7.60. The number of ether oxygens (including phenoxy) is 4. The van der Waals surface area contributed by atoms with Gasteiger partial charge in [-0.15, -0.1) is 0 Å². The number of benzene rings is 4. The summed E-state index contributed by atoms with van der Waals surface area (Å²) >= 11 is 0. The summed E-state index contributed by atoms with van der Waals surface area (Å²) < 4.78 is 22.3. The van der Waals surface area contributed by atoms with Gasteiger partial charge in [-0.2, -0.15) is 0 Å². The molecule has 0 spiro atoms. The Bertz CT molecular complexity index is 1570. The minimum atomic E-state index is -0.976. The molecule has 0 fully saturated rings. The minimum absolute atomic E-state index is 0.0193. The smallest absolute Gasteiger partial charge is 0.338 e. The van der Waals surface area contributed by atoms with Crippen LogP contribution in [0.15, 0.2) is 97.1 Å². The van der Waals surface area contributed by atoms with Crippen LogP contribution in [-0.4, -0.2) is 60.8 Å². The van der Waals surface area contributed by atoms with Gasteiger partial charge in [0.25, 0.3) is 0 Å². The average Bonchev–Trinajstić information content (AvgIpc) is 3.11. The fraction of sp³-hybridized carbons (Fsp3) is 0.395. The SMILES string of the molecule is CC(C)Cc1ccccc1C(=O)OCC(O)COc1ccc(C(C)(C)c2ccc(OCC(O)COC(=O)c3ccccc3CC(C)C)cc2)cc1. The Balaban J connectivity index is 1.22. The lowest BCUT2D eigenvalue weighted by atomic mass is 9.78. The summed E-state index contributed by atoms with van der Waals surface area (Å²) in [4.78, 5) is 25.3. The molecule has 0 aliphatic rings. The van der Waals surface area contributed by atoms with E-state index < -0.39 is 24.1 Å². The van der Waals surface area contributed by atoms with Gasteiger partial charge in [-0.25, -0.2) is 9.59 Å². The lowest BCUT2D eigenvalue weighted by Gasteiger charge is -2.26. The van der Waals surface area contributed by atoms with Crippen LogP contribution in [0.5, 0.6) is 11.5 Å². The molecule has 0 saturated carbocycles. The molecule has 0 heterocycles. The van der Waals surface area contributed by atoms with Crippen molar-refractivity contribution >= 4 is 11.9 Å². The van der Waals surface area contributed by atoms with Crippen molar-refractivity contribution < 1.29 is 38.7 Å². The normalized spacial score (nSPS) is 12.7. The molecule has 8 nitrogen and oxygen atoms in total. The van der Waals surface area contributed by atoms with E-state index in [9.17, 15) is 19.8 Å².